The Hall–Kier alpha value is -4.12. The van der Waals surface area contributed by atoms with Gasteiger partial charge in [0.25, 0.3) is 0 Å². The molecule has 3 aromatic rings. The molecule has 0 aliphatic carbocycles. The van der Waals surface area contributed by atoms with Gasteiger partial charge in [-0.1, -0.05) is 56.3 Å². The van der Waals surface area contributed by atoms with E-state index >= 15 is 0 Å². The van der Waals surface area contributed by atoms with Crippen molar-refractivity contribution in [2.45, 2.75) is 32.9 Å². The molecule has 3 aromatic carbocycles. The second kappa shape index (κ2) is 14.7. The zero-order chi connectivity index (χ0) is 30.9. The van der Waals surface area contributed by atoms with E-state index in [1.807, 2.05) is 44.2 Å². The molecule has 0 aromatic heterocycles. The SMILES string of the molecule is COc1ccc(N(CC(=O)N(Cc2ccc(F)cc2)[C@@H](Cc2ccccc2)C(=O)NCC(C)C)S(C)(=O)=O)c(OC)c1. The van der Waals surface area contributed by atoms with Crippen LogP contribution in [0.1, 0.15) is 25.0 Å². The third-order valence-corrected chi connectivity index (χ3v) is 7.68. The van der Waals surface area contributed by atoms with Crippen molar-refractivity contribution in [3.8, 4) is 11.5 Å². The highest BCUT2D eigenvalue weighted by Crippen LogP contribution is 2.33. The van der Waals surface area contributed by atoms with Crippen LogP contribution in [0.2, 0.25) is 0 Å². The molecule has 0 unspecified atom stereocenters. The lowest BCUT2D eigenvalue weighted by Crippen LogP contribution is -2.53. The molecule has 0 saturated heterocycles. The van der Waals surface area contributed by atoms with Crippen LogP contribution in [0.5, 0.6) is 11.5 Å². The summed E-state index contributed by atoms with van der Waals surface area (Å²) >= 11 is 0. The third-order valence-electron chi connectivity index (χ3n) is 6.56. The molecule has 0 fully saturated rings. The summed E-state index contributed by atoms with van der Waals surface area (Å²) in [6, 6.07) is 18.4. The Morgan fingerprint density at radius 3 is 2.17 bits per heavy atom. The number of halogens is 1. The van der Waals surface area contributed by atoms with Gasteiger partial charge in [-0.2, -0.15) is 0 Å². The highest BCUT2D eigenvalue weighted by molar-refractivity contribution is 7.92. The van der Waals surface area contributed by atoms with Gasteiger partial charge in [-0.15, -0.1) is 0 Å². The van der Waals surface area contributed by atoms with Crippen LogP contribution in [0, 0.1) is 11.7 Å². The second-order valence-corrected chi connectivity index (χ2v) is 12.2. The predicted molar refractivity (Wildman–Crippen MR) is 160 cm³/mol. The lowest BCUT2D eigenvalue weighted by atomic mass is 10.0. The Morgan fingerprint density at radius 1 is 0.929 bits per heavy atom. The van der Waals surface area contributed by atoms with Crippen molar-refractivity contribution in [2.75, 3.05) is 37.9 Å². The maximum absolute atomic E-state index is 14.1. The Balaban J connectivity index is 2.08. The van der Waals surface area contributed by atoms with E-state index in [0.717, 1.165) is 16.1 Å². The van der Waals surface area contributed by atoms with Gasteiger partial charge in [0.05, 0.1) is 26.2 Å². The lowest BCUT2D eigenvalue weighted by molar-refractivity contribution is -0.140. The van der Waals surface area contributed by atoms with Crippen LogP contribution < -0.4 is 19.1 Å². The fourth-order valence-corrected chi connectivity index (χ4v) is 5.20. The summed E-state index contributed by atoms with van der Waals surface area (Å²) in [6.07, 6.45) is 1.17. The first kappa shape index (κ1) is 32.4. The first-order valence-corrected chi connectivity index (χ1v) is 15.3. The molecule has 0 radical (unpaired) electrons. The summed E-state index contributed by atoms with van der Waals surface area (Å²) in [5, 5.41) is 2.92. The van der Waals surface area contributed by atoms with Gasteiger partial charge in [0, 0.05) is 25.6 Å². The van der Waals surface area contributed by atoms with E-state index in [4.69, 9.17) is 9.47 Å². The molecule has 3 rings (SSSR count). The highest BCUT2D eigenvalue weighted by atomic mass is 32.2. The summed E-state index contributed by atoms with van der Waals surface area (Å²) in [4.78, 5) is 29.1. The molecular formula is C31H38FN3O6S. The zero-order valence-corrected chi connectivity index (χ0v) is 25.4. The van der Waals surface area contributed by atoms with E-state index in [1.165, 1.54) is 55.5 Å². The van der Waals surface area contributed by atoms with Crippen molar-refractivity contribution < 1.29 is 31.9 Å². The van der Waals surface area contributed by atoms with Crippen molar-refractivity contribution in [1.29, 1.82) is 0 Å². The number of benzene rings is 3. The van der Waals surface area contributed by atoms with Crippen molar-refractivity contribution in [1.82, 2.24) is 10.2 Å². The average molecular weight is 600 g/mol. The molecule has 9 nitrogen and oxygen atoms in total. The Bertz CT molecular complexity index is 1450. The molecule has 2 amide bonds. The van der Waals surface area contributed by atoms with Crippen LogP contribution in [0.15, 0.2) is 72.8 Å². The van der Waals surface area contributed by atoms with E-state index < -0.39 is 34.3 Å². The smallest absolute Gasteiger partial charge is 0.244 e. The quantitative estimate of drug-likeness (QED) is 0.300. The molecule has 1 atom stereocenters. The number of ether oxygens (including phenoxy) is 2. The maximum atomic E-state index is 14.1. The molecule has 0 spiro atoms. The standard InChI is InChI=1S/C31H38FN3O6S/c1-22(2)19-33-31(37)28(17-23-9-7-6-8-10-23)34(20-24-11-13-25(32)14-12-24)30(36)21-35(42(5,38)39)27-16-15-26(40-3)18-29(27)41-4/h6-16,18,22,28H,17,19-21H2,1-5H3,(H,33,37)/t28-/m0/s1. The average Bonchev–Trinajstić information content (AvgIpc) is 2.96. The predicted octanol–water partition coefficient (Wildman–Crippen LogP) is 4.02. The number of rotatable bonds is 14. The van der Waals surface area contributed by atoms with Crippen LogP contribution in [0.3, 0.4) is 0 Å². The first-order valence-electron chi connectivity index (χ1n) is 13.5. The third kappa shape index (κ3) is 8.94. The van der Waals surface area contributed by atoms with Gasteiger partial charge >= 0.3 is 0 Å². The molecule has 0 saturated carbocycles. The molecule has 0 bridgehead atoms. The molecule has 226 valence electrons. The van der Waals surface area contributed by atoms with Gasteiger partial charge in [0.2, 0.25) is 21.8 Å². The van der Waals surface area contributed by atoms with Crippen molar-refractivity contribution in [3.05, 3.63) is 89.7 Å². The van der Waals surface area contributed by atoms with Crippen LogP contribution in [-0.2, 0) is 32.6 Å². The number of amides is 2. The summed E-state index contributed by atoms with van der Waals surface area (Å²) in [5.74, 6) is -0.650. The number of anilines is 1. The Morgan fingerprint density at radius 2 is 1.60 bits per heavy atom. The summed E-state index contributed by atoms with van der Waals surface area (Å²) in [5.41, 5.74) is 1.53. The Kier molecular flexibility index (Phi) is 11.3. The molecule has 0 aliphatic rings. The van der Waals surface area contributed by atoms with Crippen molar-refractivity contribution >= 4 is 27.5 Å². The number of nitrogens with one attached hydrogen (secondary N) is 1. The zero-order valence-electron chi connectivity index (χ0n) is 24.5. The Labute approximate surface area is 247 Å². The van der Waals surface area contributed by atoms with Gasteiger partial charge in [-0.3, -0.25) is 13.9 Å². The van der Waals surface area contributed by atoms with E-state index in [2.05, 4.69) is 5.32 Å². The van der Waals surface area contributed by atoms with Gasteiger partial charge in [0.1, 0.15) is 29.9 Å². The fraction of sp³-hybridized carbons (Fsp3) is 0.355. The van der Waals surface area contributed by atoms with Crippen LogP contribution >= 0.6 is 0 Å². The van der Waals surface area contributed by atoms with E-state index in [-0.39, 0.29) is 36.2 Å². The van der Waals surface area contributed by atoms with E-state index in [1.54, 1.807) is 6.07 Å². The number of carbonyl (C=O) groups excluding carboxylic acids is 2. The number of nitrogens with zero attached hydrogens (tertiary/aromatic N) is 2. The van der Waals surface area contributed by atoms with Crippen molar-refractivity contribution in [3.63, 3.8) is 0 Å². The number of methoxy groups -OCH3 is 2. The first-order chi connectivity index (χ1) is 19.9. The maximum Gasteiger partial charge on any atom is 0.244 e. The molecule has 0 aliphatic heterocycles. The number of sulfonamides is 1. The summed E-state index contributed by atoms with van der Waals surface area (Å²) in [6.45, 7) is 3.65. The summed E-state index contributed by atoms with van der Waals surface area (Å²) < 4.78 is 51.4. The summed E-state index contributed by atoms with van der Waals surface area (Å²) in [7, 11) is -1.13. The lowest BCUT2D eigenvalue weighted by Gasteiger charge is -2.34. The monoisotopic (exact) mass is 599 g/mol. The number of hydrogen-bond donors (Lipinski definition) is 1. The van der Waals surface area contributed by atoms with E-state index in [0.29, 0.717) is 17.9 Å². The van der Waals surface area contributed by atoms with Crippen LogP contribution in [0.25, 0.3) is 0 Å². The minimum Gasteiger partial charge on any atom is -0.497 e. The largest absolute Gasteiger partial charge is 0.497 e. The number of carbonyl (C=O) groups is 2. The minimum absolute atomic E-state index is 0.0525. The topological polar surface area (TPSA) is 105 Å². The molecule has 1 N–H and O–H groups in total. The minimum atomic E-state index is -3.99. The van der Waals surface area contributed by atoms with E-state index in [9.17, 15) is 22.4 Å². The number of hydrogen-bond acceptors (Lipinski definition) is 6. The highest BCUT2D eigenvalue weighted by Gasteiger charge is 2.33. The van der Waals surface area contributed by atoms with Crippen molar-refractivity contribution in [2.24, 2.45) is 5.92 Å². The van der Waals surface area contributed by atoms with Gasteiger partial charge < -0.3 is 19.7 Å². The second-order valence-electron chi connectivity index (χ2n) is 10.3. The molecule has 11 heteroatoms. The van der Waals surface area contributed by atoms with Gasteiger partial charge in [-0.25, -0.2) is 12.8 Å². The normalized spacial score (nSPS) is 12.0. The molecular weight excluding hydrogens is 561 g/mol. The van der Waals surface area contributed by atoms with Crippen LogP contribution in [-0.4, -0.2) is 64.7 Å². The molecule has 0 heterocycles. The fourth-order valence-electron chi connectivity index (χ4n) is 4.35. The van der Waals surface area contributed by atoms with Gasteiger partial charge in [0.15, 0.2) is 0 Å². The van der Waals surface area contributed by atoms with Crippen LogP contribution in [0.4, 0.5) is 10.1 Å². The molecule has 42 heavy (non-hydrogen) atoms. The van der Waals surface area contributed by atoms with Gasteiger partial charge in [-0.05, 0) is 41.3 Å².